The lowest BCUT2D eigenvalue weighted by Crippen LogP contribution is -2.22. The van der Waals surface area contributed by atoms with Crippen LogP contribution in [0.2, 0.25) is 0 Å². The highest BCUT2D eigenvalue weighted by atomic mass is 127. The van der Waals surface area contributed by atoms with Gasteiger partial charge in [-0.05, 0) is 35.7 Å². The number of aliphatic imine (C=N–C) groups is 1. The van der Waals surface area contributed by atoms with Crippen LogP contribution in [0.4, 0.5) is 5.69 Å². The average molecular weight is 447 g/mol. The summed E-state index contributed by atoms with van der Waals surface area (Å²) < 4.78 is 2.04. The van der Waals surface area contributed by atoms with Crippen LogP contribution in [0.5, 0.6) is 0 Å². The number of hydrogen-bond acceptors (Lipinski definition) is 2. The van der Waals surface area contributed by atoms with Crippen LogP contribution >= 0.6 is 24.0 Å². The second-order valence-electron chi connectivity index (χ2n) is 5.75. The Balaban J connectivity index is 0.00000225. The Morgan fingerprint density at radius 1 is 1.16 bits per heavy atom. The Morgan fingerprint density at radius 3 is 2.72 bits per heavy atom. The summed E-state index contributed by atoms with van der Waals surface area (Å²) in [6, 6.07) is 16.4. The van der Waals surface area contributed by atoms with Crippen molar-refractivity contribution in [1.82, 2.24) is 9.55 Å². The molecule has 0 saturated carbocycles. The first-order chi connectivity index (χ1) is 11.7. The highest BCUT2D eigenvalue weighted by molar-refractivity contribution is 14.0. The molecule has 0 aliphatic rings. The van der Waals surface area contributed by atoms with Gasteiger partial charge in [0.15, 0.2) is 5.96 Å². The van der Waals surface area contributed by atoms with Gasteiger partial charge in [0.2, 0.25) is 0 Å². The molecule has 0 aliphatic heterocycles. The monoisotopic (exact) mass is 447 g/mol. The van der Waals surface area contributed by atoms with E-state index in [4.69, 9.17) is 5.73 Å². The van der Waals surface area contributed by atoms with Gasteiger partial charge in [0.25, 0.3) is 0 Å². The normalized spacial score (nSPS) is 11.0. The summed E-state index contributed by atoms with van der Waals surface area (Å²) in [7, 11) is 0. The zero-order valence-corrected chi connectivity index (χ0v) is 16.4. The highest BCUT2D eigenvalue weighted by Crippen LogP contribution is 2.10. The lowest BCUT2D eigenvalue weighted by atomic mass is 10.1. The molecule has 0 spiro atoms. The zero-order chi connectivity index (χ0) is 16.8. The van der Waals surface area contributed by atoms with E-state index in [2.05, 4.69) is 33.5 Å². The summed E-state index contributed by atoms with van der Waals surface area (Å²) in [5.74, 6) is 0.417. The van der Waals surface area contributed by atoms with Crippen LogP contribution in [0, 0.1) is 6.92 Å². The third kappa shape index (κ3) is 5.90. The third-order valence-electron chi connectivity index (χ3n) is 3.64. The van der Waals surface area contributed by atoms with Crippen LogP contribution < -0.4 is 11.1 Å². The van der Waals surface area contributed by atoms with Gasteiger partial charge in [0.1, 0.15) is 0 Å². The molecule has 0 bridgehead atoms. The number of nitrogens with two attached hydrogens (primary N) is 1. The van der Waals surface area contributed by atoms with E-state index in [1.54, 1.807) is 6.20 Å². The van der Waals surface area contributed by atoms with Crippen LogP contribution in [0.3, 0.4) is 0 Å². The molecule has 0 saturated heterocycles. The molecular weight excluding hydrogens is 425 g/mol. The number of rotatable bonds is 5. The molecule has 6 heteroatoms. The van der Waals surface area contributed by atoms with Crippen molar-refractivity contribution in [2.24, 2.45) is 10.7 Å². The number of aromatic nitrogens is 2. The number of nitrogens with one attached hydrogen (secondary N) is 1. The second-order valence-corrected chi connectivity index (χ2v) is 5.75. The van der Waals surface area contributed by atoms with E-state index in [0.717, 1.165) is 17.8 Å². The molecule has 130 valence electrons. The second kappa shape index (κ2) is 9.22. The molecule has 25 heavy (non-hydrogen) atoms. The first-order valence-electron chi connectivity index (χ1n) is 7.86. The fourth-order valence-corrected chi connectivity index (χ4v) is 2.50. The van der Waals surface area contributed by atoms with Gasteiger partial charge < -0.3 is 15.6 Å². The van der Waals surface area contributed by atoms with Crippen molar-refractivity contribution < 1.29 is 0 Å². The van der Waals surface area contributed by atoms with Crippen molar-refractivity contribution in [3.63, 3.8) is 0 Å². The highest BCUT2D eigenvalue weighted by Gasteiger charge is 1.99. The van der Waals surface area contributed by atoms with Crippen molar-refractivity contribution in [2.45, 2.75) is 20.0 Å². The average Bonchev–Trinajstić information content (AvgIpc) is 3.06. The number of halogens is 1. The zero-order valence-electron chi connectivity index (χ0n) is 14.1. The van der Waals surface area contributed by atoms with Crippen LogP contribution in [0.25, 0.3) is 0 Å². The maximum Gasteiger partial charge on any atom is 0.193 e. The minimum atomic E-state index is 0. The standard InChI is InChI=1S/C19H21N5.HI/c1-15-4-2-7-18(10-15)23-19(20)22-12-16-5-3-6-17(11-16)13-24-9-8-21-14-24;/h2-11,14H,12-13H2,1H3,(H3,20,22,23);1H. The summed E-state index contributed by atoms with van der Waals surface area (Å²) in [6.45, 7) is 3.39. The van der Waals surface area contributed by atoms with Gasteiger partial charge >= 0.3 is 0 Å². The Bertz CT molecular complexity index is 827. The number of imidazole rings is 1. The fourth-order valence-electron chi connectivity index (χ4n) is 2.50. The van der Waals surface area contributed by atoms with E-state index in [0.29, 0.717) is 12.5 Å². The molecule has 1 heterocycles. The molecule has 1 aromatic heterocycles. The van der Waals surface area contributed by atoms with E-state index in [9.17, 15) is 0 Å². The lowest BCUT2D eigenvalue weighted by molar-refractivity contribution is 0.795. The maximum absolute atomic E-state index is 5.98. The molecule has 0 unspecified atom stereocenters. The maximum atomic E-state index is 5.98. The van der Waals surface area contributed by atoms with Crippen molar-refractivity contribution in [1.29, 1.82) is 0 Å². The molecule has 0 amide bonds. The van der Waals surface area contributed by atoms with E-state index in [1.165, 1.54) is 11.1 Å². The van der Waals surface area contributed by atoms with Crippen molar-refractivity contribution >= 4 is 35.6 Å². The van der Waals surface area contributed by atoms with Crippen LogP contribution in [0.1, 0.15) is 16.7 Å². The molecule has 5 nitrogen and oxygen atoms in total. The number of anilines is 1. The van der Waals surface area contributed by atoms with Gasteiger partial charge in [-0.3, -0.25) is 0 Å². The number of aryl methyl sites for hydroxylation is 1. The van der Waals surface area contributed by atoms with Crippen LogP contribution in [0.15, 0.2) is 72.2 Å². The lowest BCUT2D eigenvalue weighted by Gasteiger charge is -2.07. The summed E-state index contributed by atoms with van der Waals surface area (Å²) in [5.41, 5.74) is 10.4. The predicted octanol–water partition coefficient (Wildman–Crippen LogP) is 3.78. The summed E-state index contributed by atoms with van der Waals surface area (Å²) in [5, 5.41) is 3.12. The van der Waals surface area contributed by atoms with Crippen LogP contribution in [-0.4, -0.2) is 15.5 Å². The first-order valence-corrected chi connectivity index (χ1v) is 7.86. The van der Waals surface area contributed by atoms with Gasteiger partial charge in [-0.2, -0.15) is 0 Å². The largest absolute Gasteiger partial charge is 0.370 e. The molecular formula is C19H22IN5. The van der Waals surface area contributed by atoms with Crippen molar-refractivity contribution in [3.8, 4) is 0 Å². The molecule has 3 rings (SSSR count). The Morgan fingerprint density at radius 2 is 1.96 bits per heavy atom. The van der Waals surface area contributed by atoms with Crippen molar-refractivity contribution in [2.75, 3.05) is 5.32 Å². The quantitative estimate of drug-likeness (QED) is 0.356. The summed E-state index contributed by atoms with van der Waals surface area (Å²) in [6.07, 6.45) is 5.55. The topological polar surface area (TPSA) is 68.2 Å². The molecule has 0 radical (unpaired) electrons. The van der Waals surface area contributed by atoms with E-state index in [1.807, 2.05) is 54.3 Å². The van der Waals surface area contributed by atoms with E-state index < -0.39 is 0 Å². The van der Waals surface area contributed by atoms with Gasteiger partial charge in [-0.1, -0.05) is 36.4 Å². The summed E-state index contributed by atoms with van der Waals surface area (Å²) >= 11 is 0. The number of guanidine groups is 1. The van der Waals surface area contributed by atoms with Crippen molar-refractivity contribution in [3.05, 3.63) is 83.9 Å². The van der Waals surface area contributed by atoms with Gasteiger partial charge in [0.05, 0.1) is 12.9 Å². The number of benzene rings is 2. The molecule has 2 aromatic carbocycles. The van der Waals surface area contributed by atoms with Crippen LogP contribution in [-0.2, 0) is 13.1 Å². The van der Waals surface area contributed by atoms with E-state index >= 15 is 0 Å². The number of hydrogen-bond donors (Lipinski definition) is 2. The van der Waals surface area contributed by atoms with Gasteiger partial charge in [0, 0.05) is 24.6 Å². The number of nitrogens with zero attached hydrogens (tertiary/aromatic N) is 3. The Hall–Kier alpha value is -2.35. The molecule has 0 aliphatic carbocycles. The minimum Gasteiger partial charge on any atom is -0.370 e. The fraction of sp³-hybridized carbons (Fsp3) is 0.158. The Labute approximate surface area is 165 Å². The first kappa shape index (κ1) is 19.0. The molecule has 3 aromatic rings. The van der Waals surface area contributed by atoms with E-state index in [-0.39, 0.29) is 24.0 Å². The molecule has 0 fully saturated rings. The molecule has 0 atom stereocenters. The SMILES string of the molecule is Cc1cccc(NC(N)=NCc2cccc(Cn3ccnc3)c2)c1.I. The minimum absolute atomic E-state index is 0. The summed E-state index contributed by atoms with van der Waals surface area (Å²) in [4.78, 5) is 8.48. The van der Waals surface area contributed by atoms with Gasteiger partial charge in [-0.25, -0.2) is 9.98 Å². The molecule has 3 N–H and O–H groups in total. The predicted molar refractivity (Wildman–Crippen MR) is 113 cm³/mol. The third-order valence-corrected chi connectivity index (χ3v) is 3.64. The smallest absolute Gasteiger partial charge is 0.193 e. The Kier molecular flexibility index (Phi) is 7.00. The van der Waals surface area contributed by atoms with Gasteiger partial charge in [-0.15, -0.1) is 24.0 Å².